The molecule has 2 fully saturated rings. The smallest absolute Gasteiger partial charge is 0.291 e. The second-order valence-electron chi connectivity index (χ2n) is 10.7. The zero-order valence-corrected chi connectivity index (χ0v) is 23.5. The number of nitrogens with one attached hydrogen (secondary N) is 2. The van der Waals surface area contributed by atoms with Gasteiger partial charge in [-0.3, -0.25) is 4.98 Å². The molecule has 2 atom stereocenters. The van der Waals surface area contributed by atoms with Gasteiger partial charge < -0.3 is 10.2 Å². The molecule has 1 aliphatic heterocycles. The molecular weight excluding hydrogens is 565 g/mol. The second-order valence-corrected chi connectivity index (χ2v) is 13.4. The topological polar surface area (TPSA) is 117 Å². The molecule has 2 aliphatic rings. The Labute approximate surface area is 232 Å². The normalized spacial score (nSPS) is 20.9. The van der Waals surface area contributed by atoms with Crippen LogP contribution < -0.4 is 14.9 Å². The van der Waals surface area contributed by atoms with E-state index in [1.807, 2.05) is 25.7 Å². The van der Waals surface area contributed by atoms with Crippen molar-refractivity contribution in [3.8, 4) is 22.0 Å². The van der Waals surface area contributed by atoms with Gasteiger partial charge >= 0.3 is 0 Å². The fraction of sp³-hybridized carbons (Fsp3) is 0.440. The third-order valence-corrected chi connectivity index (χ3v) is 9.64. The lowest BCUT2D eigenvalue weighted by atomic mass is 10.1. The van der Waals surface area contributed by atoms with E-state index >= 15 is 0 Å². The van der Waals surface area contributed by atoms with Crippen LogP contribution in [0.15, 0.2) is 35.4 Å². The van der Waals surface area contributed by atoms with Crippen molar-refractivity contribution in [3.05, 3.63) is 41.3 Å². The second kappa shape index (κ2) is 9.75. The third kappa shape index (κ3) is 5.06. The molecule has 10 nitrogen and oxygen atoms in total. The number of pyridine rings is 2. The first-order chi connectivity index (χ1) is 18.9. The van der Waals surface area contributed by atoms with Crippen LogP contribution in [0.4, 0.5) is 19.0 Å². The average molecular weight is 593 g/mol. The van der Waals surface area contributed by atoms with Crippen LogP contribution in [0.3, 0.4) is 0 Å². The van der Waals surface area contributed by atoms with E-state index in [-0.39, 0.29) is 38.9 Å². The monoisotopic (exact) mass is 592 g/mol. The van der Waals surface area contributed by atoms with Crippen LogP contribution in [0.25, 0.3) is 27.5 Å². The molecule has 5 heterocycles. The van der Waals surface area contributed by atoms with Gasteiger partial charge in [-0.05, 0) is 51.8 Å². The van der Waals surface area contributed by atoms with Crippen molar-refractivity contribution in [3.63, 3.8) is 0 Å². The summed E-state index contributed by atoms with van der Waals surface area (Å²) in [6.07, 6.45) is -0.342. The van der Waals surface area contributed by atoms with E-state index in [2.05, 4.69) is 25.2 Å². The standard InChI is InChI=1S/C25H27F3N8O2S2/c1-13-11-35(12-14(2)30-13)19-9-16(40(37,38)34-25(3)6-7-25)8-18-20(23-31-32-24(39-23)22(27)28)21(33-36(18)19)17-5-4-15(26)10-29-17/h4-5,8-10,13-14,22,30,34H,6-7,11-12H2,1-3H3/t13-,14-/m0/s1. The molecule has 0 radical (unpaired) electrons. The summed E-state index contributed by atoms with van der Waals surface area (Å²) in [4.78, 5) is 6.23. The fourth-order valence-corrected chi connectivity index (χ4v) is 7.25. The van der Waals surface area contributed by atoms with Gasteiger partial charge in [0, 0.05) is 36.8 Å². The van der Waals surface area contributed by atoms with Gasteiger partial charge in [-0.1, -0.05) is 11.3 Å². The van der Waals surface area contributed by atoms with Gasteiger partial charge in [0.05, 0.1) is 27.9 Å². The summed E-state index contributed by atoms with van der Waals surface area (Å²) in [6, 6.07) is 5.90. The van der Waals surface area contributed by atoms with E-state index in [1.54, 1.807) is 10.6 Å². The largest absolute Gasteiger partial charge is 0.353 e. The average Bonchev–Trinajstić information content (AvgIpc) is 3.27. The maximum absolute atomic E-state index is 13.7. The van der Waals surface area contributed by atoms with Crippen LogP contribution in [0.1, 0.15) is 45.0 Å². The number of anilines is 1. The van der Waals surface area contributed by atoms with E-state index < -0.39 is 32.8 Å². The molecule has 0 amide bonds. The highest BCUT2D eigenvalue weighted by atomic mass is 32.2. The number of aromatic nitrogens is 5. The number of sulfonamides is 1. The van der Waals surface area contributed by atoms with Crippen LogP contribution in [-0.2, 0) is 10.0 Å². The van der Waals surface area contributed by atoms with Gasteiger partial charge in [-0.25, -0.2) is 30.8 Å². The Kier molecular flexibility index (Phi) is 6.59. The third-order valence-electron chi connectivity index (χ3n) is 7.07. The Morgan fingerprint density at radius 3 is 2.48 bits per heavy atom. The first kappa shape index (κ1) is 27.1. The van der Waals surface area contributed by atoms with Crippen molar-refractivity contribution in [2.24, 2.45) is 0 Å². The predicted molar refractivity (Wildman–Crippen MR) is 144 cm³/mol. The molecule has 0 aromatic carbocycles. The minimum Gasteiger partial charge on any atom is -0.353 e. The molecule has 6 rings (SSSR count). The van der Waals surface area contributed by atoms with Crippen LogP contribution in [0.2, 0.25) is 0 Å². The number of hydrogen-bond donors (Lipinski definition) is 2. The van der Waals surface area contributed by atoms with Gasteiger partial charge in [0.15, 0.2) is 10.0 Å². The maximum atomic E-state index is 13.7. The lowest BCUT2D eigenvalue weighted by Gasteiger charge is -2.37. The van der Waals surface area contributed by atoms with Gasteiger partial charge in [0.25, 0.3) is 6.43 Å². The van der Waals surface area contributed by atoms with E-state index in [0.29, 0.717) is 35.8 Å². The number of piperazine rings is 1. The van der Waals surface area contributed by atoms with E-state index in [9.17, 15) is 21.6 Å². The van der Waals surface area contributed by atoms with Gasteiger partial charge in [0.1, 0.15) is 17.3 Å². The molecule has 1 saturated carbocycles. The predicted octanol–water partition coefficient (Wildman–Crippen LogP) is 4.01. The summed E-state index contributed by atoms with van der Waals surface area (Å²) in [5, 5.41) is 15.5. The van der Waals surface area contributed by atoms with Gasteiger partial charge in [-0.15, -0.1) is 10.2 Å². The molecule has 2 N–H and O–H groups in total. The molecule has 4 aromatic rings. The molecule has 0 unspecified atom stereocenters. The van der Waals surface area contributed by atoms with Gasteiger partial charge in [-0.2, -0.15) is 5.10 Å². The summed E-state index contributed by atoms with van der Waals surface area (Å²) >= 11 is 0.685. The Bertz CT molecular complexity index is 1680. The summed E-state index contributed by atoms with van der Waals surface area (Å²) in [7, 11) is -3.95. The lowest BCUT2D eigenvalue weighted by Crippen LogP contribution is -2.54. The zero-order valence-electron chi connectivity index (χ0n) is 21.9. The Hall–Kier alpha value is -3.14. The van der Waals surface area contributed by atoms with Crippen LogP contribution in [-0.4, -0.2) is 63.9 Å². The summed E-state index contributed by atoms with van der Waals surface area (Å²) in [6.45, 7) is 7.06. The first-order valence-electron chi connectivity index (χ1n) is 12.8. The van der Waals surface area contributed by atoms with Crippen LogP contribution >= 0.6 is 11.3 Å². The highest BCUT2D eigenvalue weighted by Crippen LogP contribution is 2.41. The minimum atomic E-state index is -3.95. The van der Waals surface area contributed by atoms with Crippen molar-refractivity contribution < 1.29 is 21.6 Å². The summed E-state index contributed by atoms with van der Waals surface area (Å²) in [5.41, 5.74) is 0.619. The maximum Gasteiger partial charge on any atom is 0.291 e. The highest BCUT2D eigenvalue weighted by Gasteiger charge is 2.42. The number of halogens is 3. The Morgan fingerprint density at radius 2 is 1.88 bits per heavy atom. The van der Waals surface area contributed by atoms with Gasteiger partial charge in [0.2, 0.25) is 10.0 Å². The summed E-state index contributed by atoms with van der Waals surface area (Å²) < 4.78 is 72.3. The van der Waals surface area contributed by atoms with E-state index in [1.165, 1.54) is 18.2 Å². The number of fused-ring (bicyclic) bond motifs is 1. The van der Waals surface area contributed by atoms with Crippen molar-refractivity contribution in [2.75, 3.05) is 18.0 Å². The molecule has 0 bridgehead atoms. The molecule has 4 aromatic heterocycles. The fourth-order valence-electron chi connectivity index (χ4n) is 5.00. The number of rotatable bonds is 7. The SMILES string of the molecule is C[C@H]1CN(c2cc(S(=O)(=O)NC3(C)CC3)cc3c(-c4nnc(C(F)F)s4)c(-c4ccc(F)cn4)nn23)C[C@H](C)N1. The quantitative estimate of drug-likeness (QED) is 0.331. The number of nitrogens with zero attached hydrogens (tertiary/aromatic N) is 6. The molecule has 1 saturated heterocycles. The Balaban J connectivity index is 1.64. The van der Waals surface area contributed by atoms with E-state index in [0.717, 1.165) is 19.0 Å². The first-order valence-corrected chi connectivity index (χ1v) is 15.1. The molecule has 212 valence electrons. The molecule has 15 heteroatoms. The van der Waals surface area contributed by atoms with Crippen LogP contribution in [0.5, 0.6) is 0 Å². The number of alkyl halides is 2. The van der Waals surface area contributed by atoms with Crippen LogP contribution in [0, 0.1) is 5.82 Å². The zero-order chi connectivity index (χ0) is 28.4. The molecular formula is C25H27F3N8O2S2. The minimum absolute atomic E-state index is 0.0142. The van der Waals surface area contributed by atoms with Crippen molar-refractivity contribution in [1.82, 2.24) is 34.8 Å². The number of hydrogen-bond acceptors (Lipinski definition) is 9. The van der Waals surface area contributed by atoms with E-state index in [4.69, 9.17) is 5.10 Å². The molecule has 1 aliphatic carbocycles. The Morgan fingerprint density at radius 1 is 1.15 bits per heavy atom. The highest BCUT2D eigenvalue weighted by molar-refractivity contribution is 7.89. The van der Waals surface area contributed by atoms with Crippen molar-refractivity contribution in [2.45, 2.75) is 62.6 Å². The lowest BCUT2D eigenvalue weighted by molar-refractivity contribution is 0.150. The van der Waals surface area contributed by atoms with Crippen molar-refractivity contribution in [1.29, 1.82) is 0 Å². The molecule has 40 heavy (non-hydrogen) atoms. The van der Waals surface area contributed by atoms with Crippen molar-refractivity contribution >= 4 is 32.7 Å². The summed E-state index contributed by atoms with van der Waals surface area (Å²) in [5.74, 6) is -0.0466. The molecule has 0 spiro atoms.